The minimum absolute atomic E-state index is 0.0199. The van der Waals surface area contributed by atoms with Crippen LogP contribution in [-0.2, 0) is 12.8 Å². The molecule has 6 heteroatoms. The lowest BCUT2D eigenvalue weighted by Crippen LogP contribution is -2.28. The summed E-state index contributed by atoms with van der Waals surface area (Å²) in [4.78, 5) is 7.53. The number of anilines is 1. The first-order valence-corrected chi connectivity index (χ1v) is 4.54. The molecular formula is C8H8ClF2N3. The van der Waals surface area contributed by atoms with E-state index < -0.39 is 5.92 Å². The van der Waals surface area contributed by atoms with Crippen molar-refractivity contribution in [3.63, 3.8) is 0 Å². The van der Waals surface area contributed by atoms with Crippen LogP contribution in [0.15, 0.2) is 0 Å². The number of rotatable bonds is 0. The molecule has 0 atom stereocenters. The van der Waals surface area contributed by atoms with Crippen molar-refractivity contribution < 1.29 is 8.78 Å². The van der Waals surface area contributed by atoms with E-state index in [-0.39, 0.29) is 30.4 Å². The van der Waals surface area contributed by atoms with Crippen LogP contribution in [0.5, 0.6) is 0 Å². The van der Waals surface area contributed by atoms with Crippen LogP contribution < -0.4 is 5.73 Å². The summed E-state index contributed by atoms with van der Waals surface area (Å²) in [6.45, 7) is 0. The van der Waals surface area contributed by atoms with Crippen molar-refractivity contribution in [2.75, 3.05) is 5.73 Å². The SMILES string of the molecule is Nc1nc(Cl)nc2c1CC(F)(F)CC2. The van der Waals surface area contributed by atoms with Gasteiger partial charge in [0, 0.05) is 18.4 Å². The lowest BCUT2D eigenvalue weighted by atomic mass is 9.93. The molecule has 0 bridgehead atoms. The summed E-state index contributed by atoms with van der Waals surface area (Å²) >= 11 is 5.56. The van der Waals surface area contributed by atoms with Crippen molar-refractivity contribution in [3.05, 3.63) is 16.5 Å². The van der Waals surface area contributed by atoms with Gasteiger partial charge in [-0.3, -0.25) is 0 Å². The highest BCUT2D eigenvalue weighted by molar-refractivity contribution is 6.28. The highest BCUT2D eigenvalue weighted by atomic mass is 35.5. The molecule has 0 saturated carbocycles. The Hall–Kier alpha value is -0.970. The van der Waals surface area contributed by atoms with Crippen LogP contribution in [0.3, 0.4) is 0 Å². The van der Waals surface area contributed by atoms with Gasteiger partial charge in [0.15, 0.2) is 0 Å². The topological polar surface area (TPSA) is 51.8 Å². The third kappa shape index (κ3) is 1.64. The van der Waals surface area contributed by atoms with Crippen molar-refractivity contribution in [1.82, 2.24) is 9.97 Å². The fourth-order valence-electron chi connectivity index (χ4n) is 1.57. The molecule has 3 nitrogen and oxygen atoms in total. The summed E-state index contributed by atoms with van der Waals surface area (Å²) in [5.41, 5.74) is 6.38. The molecule has 76 valence electrons. The van der Waals surface area contributed by atoms with E-state index in [2.05, 4.69) is 9.97 Å². The maximum atomic E-state index is 13.0. The molecule has 0 fully saturated rings. The van der Waals surface area contributed by atoms with E-state index in [0.29, 0.717) is 11.3 Å². The number of aromatic nitrogens is 2. The smallest absolute Gasteiger partial charge is 0.252 e. The van der Waals surface area contributed by atoms with Crippen LogP contribution in [0.4, 0.5) is 14.6 Å². The monoisotopic (exact) mass is 219 g/mol. The second-order valence-corrected chi connectivity index (χ2v) is 3.67. The van der Waals surface area contributed by atoms with Gasteiger partial charge < -0.3 is 5.73 Å². The fourth-order valence-corrected chi connectivity index (χ4v) is 1.76. The van der Waals surface area contributed by atoms with E-state index >= 15 is 0 Å². The third-order valence-electron chi connectivity index (χ3n) is 2.26. The summed E-state index contributed by atoms with van der Waals surface area (Å²) < 4.78 is 26.0. The molecule has 0 saturated heterocycles. The molecule has 1 aliphatic carbocycles. The van der Waals surface area contributed by atoms with E-state index in [1.807, 2.05) is 0 Å². The lowest BCUT2D eigenvalue weighted by molar-refractivity contribution is -0.0127. The molecule has 0 spiro atoms. The van der Waals surface area contributed by atoms with Crippen molar-refractivity contribution in [1.29, 1.82) is 0 Å². The van der Waals surface area contributed by atoms with Gasteiger partial charge in [0.05, 0.1) is 5.69 Å². The average Bonchev–Trinajstić information content (AvgIpc) is 2.06. The third-order valence-corrected chi connectivity index (χ3v) is 2.43. The molecule has 1 aromatic heterocycles. The Labute approximate surface area is 84.3 Å². The Bertz CT molecular complexity index is 381. The summed E-state index contributed by atoms with van der Waals surface area (Å²) in [5.74, 6) is -2.63. The van der Waals surface area contributed by atoms with Crippen molar-refractivity contribution in [3.8, 4) is 0 Å². The standard InChI is InChI=1S/C8H8ClF2N3/c9-7-13-5-1-2-8(10,11)3-4(5)6(12)14-7/h1-3H2,(H2,12,13,14). The minimum Gasteiger partial charge on any atom is -0.383 e. The zero-order chi connectivity index (χ0) is 10.3. The van der Waals surface area contributed by atoms with Crippen LogP contribution in [0, 0.1) is 0 Å². The van der Waals surface area contributed by atoms with Gasteiger partial charge in [-0.15, -0.1) is 0 Å². The second-order valence-electron chi connectivity index (χ2n) is 3.34. The molecule has 0 amide bonds. The van der Waals surface area contributed by atoms with Gasteiger partial charge in [-0.1, -0.05) is 0 Å². The molecule has 2 rings (SSSR count). The fraction of sp³-hybridized carbons (Fsp3) is 0.500. The number of nitrogens with two attached hydrogens (primary N) is 1. The quantitative estimate of drug-likeness (QED) is 0.678. The van der Waals surface area contributed by atoms with Crippen LogP contribution >= 0.6 is 11.6 Å². The second kappa shape index (κ2) is 3.02. The molecule has 0 unspecified atom stereocenters. The van der Waals surface area contributed by atoms with Gasteiger partial charge in [0.25, 0.3) is 5.92 Å². The number of fused-ring (bicyclic) bond motifs is 1. The summed E-state index contributed by atoms with van der Waals surface area (Å²) in [7, 11) is 0. The summed E-state index contributed by atoms with van der Waals surface area (Å²) in [6.07, 6.45) is -0.382. The Morgan fingerprint density at radius 2 is 2.07 bits per heavy atom. The maximum Gasteiger partial charge on any atom is 0.252 e. The molecule has 14 heavy (non-hydrogen) atoms. The van der Waals surface area contributed by atoms with Gasteiger partial charge in [-0.05, 0) is 18.0 Å². The van der Waals surface area contributed by atoms with Gasteiger partial charge in [0.2, 0.25) is 5.28 Å². The van der Waals surface area contributed by atoms with Crippen LogP contribution in [0.1, 0.15) is 17.7 Å². The highest BCUT2D eigenvalue weighted by Gasteiger charge is 2.36. The van der Waals surface area contributed by atoms with E-state index in [0.717, 1.165) is 0 Å². The van der Waals surface area contributed by atoms with Crippen molar-refractivity contribution in [2.45, 2.75) is 25.2 Å². The van der Waals surface area contributed by atoms with Crippen LogP contribution in [-0.4, -0.2) is 15.9 Å². The van der Waals surface area contributed by atoms with Crippen molar-refractivity contribution >= 4 is 17.4 Å². The predicted octanol–water partition coefficient (Wildman–Crippen LogP) is 1.84. The maximum absolute atomic E-state index is 13.0. The highest BCUT2D eigenvalue weighted by Crippen LogP contribution is 2.34. The number of nitrogens with zero attached hydrogens (tertiary/aromatic N) is 2. The normalized spacial score (nSPS) is 19.1. The molecule has 0 aromatic carbocycles. The first-order chi connectivity index (χ1) is 6.48. The van der Waals surface area contributed by atoms with Gasteiger partial charge in [0.1, 0.15) is 5.82 Å². The van der Waals surface area contributed by atoms with Gasteiger partial charge >= 0.3 is 0 Å². The Balaban J connectivity index is 2.47. The molecule has 0 radical (unpaired) electrons. The Kier molecular flexibility index (Phi) is 2.06. The minimum atomic E-state index is -2.70. The zero-order valence-corrected chi connectivity index (χ0v) is 7.98. The average molecular weight is 220 g/mol. The predicted molar refractivity (Wildman–Crippen MR) is 48.4 cm³/mol. The number of hydrogen-bond donors (Lipinski definition) is 1. The number of aryl methyl sites for hydroxylation is 1. The first-order valence-electron chi connectivity index (χ1n) is 4.16. The molecular weight excluding hydrogens is 212 g/mol. The van der Waals surface area contributed by atoms with Crippen LogP contribution in [0.25, 0.3) is 0 Å². The van der Waals surface area contributed by atoms with Gasteiger partial charge in [-0.25, -0.2) is 18.7 Å². The molecule has 0 aliphatic heterocycles. The number of hydrogen-bond acceptors (Lipinski definition) is 3. The molecule has 2 N–H and O–H groups in total. The summed E-state index contributed by atoms with van der Waals surface area (Å²) in [5, 5.41) is 0.0199. The summed E-state index contributed by atoms with van der Waals surface area (Å²) in [6, 6.07) is 0. The Morgan fingerprint density at radius 3 is 2.79 bits per heavy atom. The van der Waals surface area contributed by atoms with E-state index in [1.165, 1.54) is 0 Å². The zero-order valence-electron chi connectivity index (χ0n) is 7.23. The van der Waals surface area contributed by atoms with E-state index in [9.17, 15) is 8.78 Å². The van der Waals surface area contributed by atoms with Crippen LogP contribution in [0.2, 0.25) is 5.28 Å². The first kappa shape index (κ1) is 9.58. The Morgan fingerprint density at radius 1 is 1.36 bits per heavy atom. The van der Waals surface area contributed by atoms with Crippen molar-refractivity contribution in [2.24, 2.45) is 0 Å². The molecule has 1 aliphatic rings. The number of alkyl halides is 2. The van der Waals surface area contributed by atoms with E-state index in [4.69, 9.17) is 17.3 Å². The number of nitrogen functional groups attached to an aromatic ring is 1. The van der Waals surface area contributed by atoms with E-state index in [1.54, 1.807) is 0 Å². The number of halogens is 3. The molecule has 1 heterocycles. The van der Waals surface area contributed by atoms with Gasteiger partial charge in [-0.2, -0.15) is 0 Å². The molecule has 1 aromatic rings. The largest absolute Gasteiger partial charge is 0.383 e. The lowest BCUT2D eigenvalue weighted by Gasteiger charge is -2.23.